The van der Waals surface area contributed by atoms with Crippen molar-refractivity contribution in [2.24, 2.45) is 5.92 Å². The van der Waals surface area contributed by atoms with Gasteiger partial charge in [-0.2, -0.15) is 5.10 Å². The maximum absolute atomic E-state index is 11.8. The summed E-state index contributed by atoms with van der Waals surface area (Å²) < 4.78 is 12.0. The Hall–Kier alpha value is -2.30. The number of hydrogen-bond acceptors (Lipinski definition) is 4. The van der Waals surface area contributed by atoms with Crippen LogP contribution in [0.5, 0.6) is 11.5 Å². The first-order valence-corrected chi connectivity index (χ1v) is 6.85. The zero-order chi connectivity index (χ0) is 15.4. The summed E-state index contributed by atoms with van der Waals surface area (Å²) in [6.45, 7) is 4.70. The quantitative estimate of drug-likeness (QED) is 0.848. The molecule has 0 unspecified atom stereocenters. The molecule has 5 heteroatoms. The van der Waals surface area contributed by atoms with Crippen LogP contribution in [0.2, 0.25) is 0 Å². The van der Waals surface area contributed by atoms with Crippen molar-refractivity contribution in [2.75, 3.05) is 14.2 Å². The van der Waals surface area contributed by atoms with E-state index in [1.807, 2.05) is 18.2 Å². The van der Waals surface area contributed by atoms with Gasteiger partial charge in [-0.25, -0.2) is 4.68 Å². The van der Waals surface area contributed by atoms with E-state index in [1.54, 1.807) is 26.4 Å². The summed E-state index contributed by atoms with van der Waals surface area (Å²) >= 11 is 0. The zero-order valence-electron chi connectivity index (χ0n) is 12.8. The lowest BCUT2D eigenvalue weighted by Gasteiger charge is -2.11. The first-order valence-electron chi connectivity index (χ1n) is 6.85. The maximum atomic E-state index is 11.8. The Morgan fingerprint density at radius 1 is 1.10 bits per heavy atom. The monoisotopic (exact) mass is 288 g/mol. The lowest BCUT2D eigenvalue weighted by atomic mass is 10.1. The van der Waals surface area contributed by atoms with Crippen molar-refractivity contribution in [3.05, 3.63) is 40.7 Å². The Morgan fingerprint density at radius 3 is 2.43 bits per heavy atom. The van der Waals surface area contributed by atoms with Crippen molar-refractivity contribution in [3.8, 4) is 22.8 Å². The number of rotatable bonds is 5. The summed E-state index contributed by atoms with van der Waals surface area (Å²) in [5.41, 5.74) is 1.52. The Balaban J connectivity index is 2.44. The van der Waals surface area contributed by atoms with Crippen LogP contribution < -0.4 is 15.0 Å². The van der Waals surface area contributed by atoms with Gasteiger partial charge in [0, 0.05) is 18.2 Å². The normalized spacial score (nSPS) is 10.7. The van der Waals surface area contributed by atoms with Gasteiger partial charge in [-0.05, 0) is 30.2 Å². The Labute approximate surface area is 124 Å². The van der Waals surface area contributed by atoms with Crippen LogP contribution in [0.1, 0.15) is 13.8 Å². The molecule has 2 rings (SSSR count). The smallest absolute Gasteiger partial charge is 0.266 e. The van der Waals surface area contributed by atoms with E-state index < -0.39 is 0 Å². The summed E-state index contributed by atoms with van der Waals surface area (Å²) in [7, 11) is 3.19. The molecular formula is C16H20N2O3. The van der Waals surface area contributed by atoms with Crippen LogP contribution in [0.25, 0.3) is 11.3 Å². The van der Waals surface area contributed by atoms with Gasteiger partial charge in [0.15, 0.2) is 11.5 Å². The highest BCUT2D eigenvalue weighted by Gasteiger charge is 2.09. The van der Waals surface area contributed by atoms with Gasteiger partial charge in [-0.3, -0.25) is 4.79 Å². The molecule has 0 bridgehead atoms. The molecule has 1 heterocycles. The topological polar surface area (TPSA) is 53.4 Å². The summed E-state index contributed by atoms with van der Waals surface area (Å²) in [5.74, 6) is 1.66. The molecule has 0 amide bonds. The van der Waals surface area contributed by atoms with Gasteiger partial charge in [0.25, 0.3) is 5.56 Å². The third kappa shape index (κ3) is 3.42. The van der Waals surface area contributed by atoms with Crippen LogP contribution in [0.3, 0.4) is 0 Å². The Kier molecular flexibility index (Phi) is 4.62. The molecule has 0 spiro atoms. The van der Waals surface area contributed by atoms with E-state index in [1.165, 1.54) is 4.68 Å². The largest absolute Gasteiger partial charge is 0.493 e. The van der Waals surface area contributed by atoms with E-state index in [9.17, 15) is 4.79 Å². The van der Waals surface area contributed by atoms with Gasteiger partial charge in [0.1, 0.15) is 0 Å². The van der Waals surface area contributed by atoms with Crippen LogP contribution in [0, 0.1) is 5.92 Å². The third-order valence-electron chi connectivity index (χ3n) is 3.08. The fourth-order valence-corrected chi connectivity index (χ4v) is 2.08. The highest BCUT2D eigenvalue weighted by atomic mass is 16.5. The van der Waals surface area contributed by atoms with Crippen molar-refractivity contribution >= 4 is 0 Å². The fraction of sp³-hybridized carbons (Fsp3) is 0.375. The van der Waals surface area contributed by atoms with Crippen LogP contribution in [0.4, 0.5) is 0 Å². The van der Waals surface area contributed by atoms with Crippen molar-refractivity contribution in [1.82, 2.24) is 9.78 Å². The summed E-state index contributed by atoms with van der Waals surface area (Å²) in [5, 5.41) is 4.42. The van der Waals surface area contributed by atoms with E-state index in [0.29, 0.717) is 24.0 Å². The molecule has 0 aliphatic heterocycles. The molecule has 0 atom stereocenters. The Bertz CT molecular complexity index is 677. The van der Waals surface area contributed by atoms with Crippen molar-refractivity contribution in [2.45, 2.75) is 20.4 Å². The molecule has 112 valence electrons. The van der Waals surface area contributed by atoms with Gasteiger partial charge in [0.05, 0.1) is 19.9 Å². The van der Waals surface area contributed by atoms with Gasteiger partial charge in [-0.15, -0.1) is 0 Å². The maximum Gasteiger partial charge on any atom is 0.266 e. The molecule has 0 radical (unpaired) electrons. The van der Waals surface area contributed by atoms with Gasteiger partial charge in [0.2, 0.25) is 0 Å². The number of nitrogens with zero attached hydrogens (tertiary/aromatic N) is 2. The molecule has 0 fully saturated rings. The number of benzene rings is 1. The predicted octanol–water partition coefficient (Wildman–Crippen LogP) is 2.58. The molecule has 1 aromatic carbocycles. The zero-order valence-corrected chi connectivity index (χ0v) is 12.8. The van der Waals surface area contributed by atoms with Gasteiger partial charge < -0.3 is 9.47 Å². The molecule has 0 aliphatic rings. The molecule has 2 aromatic rings. The highest BCUT2D eigenvalue weighted by molar-refractivity contribution is 5.63. The Morgan fingerprint density at radius 2 is 1.81 bits per heavy atom. The first kappa shape index (κ1) is 15.1. The standard InChI is InChI=1S/C16H20N2O3/c1-11(2)10-18-16(19)8-6-13(17-18)12-5-7-14(20-3)15(9-12)21-4/h5-9,11H,10H2,1-4H3. The second-order valence-corrected chi connectivity index (χ2v) is 5.20. The van der Waals surface area contributed by atoms with Crippen molar-refractivity contribution in [1.29, 1.82) is 0 Å². The van der Waals surface area contributed by atoms with Crippen LogP contribution in [-0.4, -0.2) is 24.0 Å². The average molecular weight is 288 g/mol. The SMILES string of the molecule is COc1ccc(-c2ccc(=O)n(CC(C)C)n2)cc1OC. The van der Waals surface area contributed by atoms with E-state index in [-0.39, 0.29) is 5.56 Å². The van der Waals surface area contributed by atoms with Gasteiger partial charge >= 0.3 is 0 Å². The van der Waals surface area contributed by atoms with E-state index in [2.05, 4.69) is 18.9 Å². The van der Waals surface area contributed by atoms with Crippen LogP contribution in [0.15, 0.2) is 35.1 Å². The molecule has 5 nitrogen and oxygen atoms in total. The third-order valence-corrected chi connectivity index (χ3v) is 3.08. The van der Waals surface area contributed by atoms with Crippen LogP contribution in [-0.2, 0) is 6.54 Å². The number of methoxy groups -OCH3 is 2. The van der Waals surface area contributed by atoms with Crippen LogP contribution >= 0.6 is 0 Å². The van der Waals surface area contributed by atoms with Crippen molar-refractivity contribution < 1.29 is 9.47 Å². The van der Waals surface area contributed by atoms with E-state index in [0.717, 1.165) is 11.3 Å². The molecule has 21 heavy (non-hydrogen) atoms. The van der Waals surface area contributed by atoms with E-state index in [4.69, 9.17) is 9.47 Å². The minimum atomic E-state index is -0.0899. The van der Waals surface area contributed by atoms with Gasteiger partial charge in [-0.1, -0.05) is 13.8 Å². The minimum Gasteiger partial charge on any atom is -0.493 e. The number of hydrogen-bond donors (Lipinski definition) is 0. The number of ether oxygens (including phenoxy) is 2. The summed E-state index contributed by atoms with van der Waals surface area (Å²) in [4.78, 5) is 11.8. The molecular weight excluding hydrogens is 268 g/mol. The molecule has 0 N–H and O–H groups in total. The molecule has 0 saturated carbocycles. The summed E-state index contributed by atoms with van der Waals surface area (Å²) in [6.07, 6.45) is 0. The second kappa shape index (κ2) is 6.43. The first-order chi connectivity index (χ1) is 10.0. The second-order valence-electron chi connectivity index (χ2n) is 5.20. The molecule has 0 saturated heterocycles. The lowest BCUT2D eigenvalue weighted by molar-refractivity contribution is 0.355. The lowest BCUT2D eigenvalue weighted by Crippen LogP contribution is -2.24. The summed E-state index contributed by atoms with van der Waals surface area (Å²) in [6, 6.07) is 8.84. The van der Waals surface area contributed by atoms with Crippen molar-refractivity contribution in [3.63, 3.8) is 0 Å². The number of aromatic nitrogens is 2. The fourth-order valence-electron chi connectivity index (χ4n) is 2.08. The predicted molar refractivity (Wildman–Crippen MR) is 81.9 cm³/mol. The highest BCUT2D eigenvalue weighted by Crippen LogP contribution is 2.31. The average Bonchev–Trinajstić information content (AvgIpc) is 2.48. The molecule has 1 aromatic heterocycles. The van der Waals surface area contributed by atoms with E-state index >= 15 is 0 Å². The molecule has 0 aliphatic carbocycles. The minimum absolute atomic E-state index is 0.0899.